The van der Waals surface area contributed by atoms with Crippen LogP contribution in [0.1, 0.15) is 49.4 Å². The van der Waals surface area contributed by atoms with Crippen LogP contribution in [0.4, 0.5) is 0 Å². The Morgan fingerprint density at radius 2 is 1.96 bits per heavy atom. The fourth-order valence-corrected chi connectivity index (χ4v) is 3.65. The van der Waals surface area contributed by atoms with Crippen LogP contribution in [0.25, 0.3) is 0 Å². The monoisotopic (exact) mass is 389 g/mol. The molecule has 2 saturated heterocycles. The van der Waals surface area contributed by atoms with Crippen molar-refractivity contribution in [2.24, 2.45) is 0 Å². The second-order valence-corrected chi connectivity index (χ2v) is 7.34. The van der Waals surface area contributed by atoms with Crippen LogP contribution in [0.5, 0.6) is 11.5 Å². The van der Waals surface area contributed by atoms with Crippen LogP contribution in [0.15, 0.2) is 18.2 Å². The molecule has 2 heterocycles. The van der Waals surface area contributed by atoms with Crippen molar-refractivity contribution >= 4 is 11.8 Å². The molecular weight excluding hydrogens is 358 g/mol. The average Bonchev–Trinajstić information content (AvgIpc) is 2.74. The van der Waals surface area contributed by atoms with Gasteiger partial charge in [0.2, 0.25) is 0 Å². The first-order valence-electron chi connectivity index (χ1n) is 10.4. The highest BCUT2D eigenvalue weighted by atomic mass is 16.5. The van der Waals surface area contributed by atoms with Crippen LogP contribution in [-0.4, -0.2) is 62.1 Å². The third-order valence-corrected chi connectivity index (χ3v) is 5.20. The maximum absolute atomic E-state index is 12.6. The zero-order valence-corrected chi connectivity index (χ0v) is 16.7. The Kier molecular flexibility index (Phi) is 7.54. The number of piperidine rings is 2. The van der Waals surface area contributed by atoms with E-state index in [0.29, 0.717) is 23.7 Å². The van der Waals surface area contributed by atoms with E-state index >= 15 is 0 Å². The fraction of sp³-hybridized carbons (Fsp3) is 0.619. The summed E-state index contributed by atoms with van der Waals surface area (Å²) >= 11 is 0. The van der Waals surface area contributed by atoms with Gasteiger partial charge in [-0.25, -0.2) is 0 Å². The normalized spacial score (nSPS) is 19.8. The molecule has 2 amide bonds. The van der Waals surface area contributed by atoms with Gasteiger partial charge in [-0.1, -0.05) is 0 Å². The number of nitrogens with zero attached hydrogens (tertiary/aromatic N) is 1. The molecule has 28 heavy (non-hydrogen) atoms. The summed E-state index contributed by atoms with van der Waals surface area (Å²) in [5, 5.41) is 6.35. The predicted octanol–water partition coefficient (Wildman–Crippen LogP) is 1.96. The van der Waals surface area contributed by atoms with Crippen LogP contribution in [-0.2, 0) is 4.79 Å². The van der Waals surface area contributed by atoms with Gasteiger partial charge in [-0.2, -0.15) is 0 Å². The molecule has 154 valence electrons. The summed E-state index contributed by atoms with van der Waals surface area (Å²) < 4.78 is 11.4. The number of ether oxygens (including phenoxy) is 2. The lowest BCUT2D eigenvalue weighted by molar-refractivity contribution is -0.134. The van der Waals surface area contributed by atoms with Gasteiger partial charge in [0.1, 0.15) is 0 Å². The summed E-state index contributed by atoms with van der Waals surface area (Å²) in [6.07, 6.45) is 5.33. The number of carbonyl (C=O) groups is 2. The van der Waals surface area contributed by atoms with Gasteiger partial charge >= 0.3 is 0 Å². The number of nitrogens with one attached hydrogen (secondary N) is 2. The van der Waals surface area contributed by atoms with Gasteiger partial charge in [0, 0.05) is 31.2 Å². The summed E-state index contributed by atoms with van der Waals surface area (Å²) in [6, 6.07) is 5.27. The Balaban J connectivity index is 1.61. The number of likely N-dealkylation sites (tertiary alicyclic amines) is 1. The SMILES string of the molecule is CCOc1cc(C(=O)N[C@H]2CCCNC2)ccc1OCC(=O)N1CCCCC1. The van der Waals surface area contributed by atoms with Crippen LogP contribution < -0.4 is 20.1 Å². The molecule has 2 fully saturated rings. The highest BCUT2D eigenvalue weighted by Gasteiger charge is 2.20. The van der Waals surface area contributed by atoms with Crippen molar-refractivity contribution in [1.29, 1.82) is 0 Å². The van der Waals surface area contributed by atoms with E-state index in [9.17, 15) is 9.59 Å². The molecular formula is C21H31N3O4. The summed E-state index contributed by atoms with van der Waals surface area (Å²) in [7, 11) is 0. The molecule has 7 nitrogen and oxygen atoms in total. The highest BCUT2D eigenvalue weighted by molar-refractivity contribution is 5.95. The van der Waals surface area contributed by atoms with Gasteiger partial charge in [-0.15, -0.1) is 0 Å². The van der Waals surface area contributed by atoms with E-state index in [4.69, 9.17) is 9.47 Å². The molecule has 1 atom stereocenters. The standard InChI is InChI=1S/C21H31N3O4/c1-2-27-19-13-16(21(26)23-17-7-6-10-22-14-17)8-9-18(19)28-15-20(25)24-11-4-3-5-12-24/h8-9,13,17,22H,2-7,10-12,14-15H2,1H3,(H,23,26)/t17-/m0/s1. The molecule has 1 aromatic rings. The number of hydrogen-bond donors (Lipinski definition) is 2. The van der Waals surface area contributed by atoms with Crippen molar-refractivity contribution in [2.45, 2.75) is 45.1 Å². The molecule has 2 aliphatic rings. The third kappa shape index (κ3) is 5.61. The summed E-state index contributed by atoms with van der Waals surface area (Å²) in [5.41, 5.74) is 0.531. The fourth-order valence-electron chi connectivity index (χ4n) is 3.65. The zero-order valence-electron chi connectivity index (χ0n) is 16.7. The van der Waals surface area contributed by atoms with E-state index in [1.807, 2.05) is 11.8 Å². The lowest BCUT2D eigenvalue weighted by Gasteiger charge is -2.26. The largest absolute Gasteiger partial charge is 0.490 e. The second kappa shape index (κ2) is 10.3. The molecule has 0 bridgehead atoms. The van der Waals surface area contributed by atoms with Crippen molar-refractivity contribution in [3.05, 3.63) is 23.8 Å². The number of hydrogen-bond acceptors (Lipinski definition) is 5. The molecule has 7 heteroatoms. The van der Waals surface area contributed by atoms with Crippen LogP contribution in [0, 0.1) is 0 Å². The Bertz CT molecular complexity index is 668. The van der Waals surface area contributed by atoms with E-state index in [1.165, 1.54) is 6.42 Å². The summed E-state index contributed by atoms with van der Waals surface area (Å²) in [4.78, 5) is 26.7. The summed E-state index contributed by atoms with van der Waals surface area (Å²) in [6.45, 7) is 5.72. The van der Waals surface area contributed by atoms with Gasteiger partial charge < -0.3 is 25.0 Å². The van der Waals surface area contributed by atoms with E-state index < -0.39 is 0 Å². The Morgan fingerprint density at radius 3 is 2.68 bits per heavy atom. The minimum Gasteiger partial charge on any atom is -0.490 e. The van der Waals surface area contributed by atoms with Crippen molar-refractivity contribution < 1.29 is 19.1 Å². The Labute approximate surface area is 166 Å². The molecule has 0 aromatic heterocycles. The molecule has 2 aliphatic heterocycles. The zero-order chi connectivity index (χ0) is 19.8. The Morgan fingerprint density at radius 1 is 1.14 bits per heavy atom. The molecule has 0 spiro atoms. The van der Waals surface area contributed by atoms with Crippen LogP contribution >= 0.6 is 0 Å². The molecule has 1 aromatic carbocycles. The summed E-state index contributed by atoms with van der Waals surface area (Å²) in [5.74, 6) is 0.853. The van der Waals surface area contributed by atoms with Gasteiger partial charge in [-0.05, 0) is 63.8 Å². The van der Waals surface area contributed by atoms with E-state index in [0.717, 1.165) is 51.9 Å². The first-order chi connectivity index (χ1) is 13.7. The molecule has 3 rings (SSSR count). The van der Waals surface area contributed by atoms with Gasteiger partial charge in [0.25, 0.3) is 11.8 Å². The lowest BCUT2D eigenvalue weighted by Crippen LogP contribution is -2.45. The van der Waals surface area contributed by atoms with Crippen LogP contribution in [0.3, 0.4) is 0 Å². The minimum atomic E-state index is -0.120. The lowest BCUT2D eigenvalue weighted by atomic mass is 10.1. The number of carbonyl (C=O) groups excluding carboxylic acids is 2. The molecule has 2 N–H and O–H groups in total. The van der Waals surface area contributed by atoms with E-state index in [-0.39, 0.29) is 24.5 Å². The van der Waals surface area contributed by atoms with E-state index in [1.54, 1.807) is 18.2 Å². The minimum absolute atomic E-state index is 0.00577. The van der Waals surface area contributed by atoms with E-state index in [2.05, 4.69) is 10.6 Å². The van der Waals surface area contributed by atoms with Crippen molar-refractivity contribution in [3.63, 3.8) is 0 Å². The number of benzene rings is 1. The first-order valence-corrected chi connectivity index (χ1v) is 10.4. The molecule has 0 unspecified atom stereocenters. The predicted molar refractivity (Wildman–Crippen MR) is 107 cm³/mol. The quantitative estimate of drug-likeness (QED) is 0.745. The average molecular weight is 389 g/mol. The Hall–Kier alpha value is -2.28. The van der Waals surface area contributed by atoms with Gasteiger partial charge in [-0.3, -0.25) is 9.59 Å². The highest BCUT2D eigenvalue weighted by Crippen LogP contribution is 2.29. The first kappa shape index (κ1) is 20.5. The number of amides is 2. The third-order valence-electron chi connectivity index (χ3n) is 5.20. The van der Waals surface area contributed by atoms with Crippen molar-refractivity contribution in [2.75, 3.05) is 39.4 Å². The van der Waals surface area contributed by atoms with Gasteiger partial charge in [0.15, 0.2) is 18.1 Å². The molecule has 0 saturated carbocycles. The number of rotatable bonds is 7. The molecule has 0 aliphatic carbocycles. The topological polar surface area (TPSA) is 79.9 Å². The second-order valence-electron chi connectivity index (χ2n) is 7.34. The van der Waals surface area contributed by atoms with Crippen molar-refractivity contribution in [3.8, 4) is 11.5 Å². The smallest absolute Gasteiger partial charge is 0.260 e. The maximum atomic E-state index is 12.6. The maximum Gasteiger partial charge on any atom is 0.260 e. The van der Waals surface area contributed by atoms with Crippen molar-refractivity contribution in [1.82, 2.24) is 15.5 Å². The molecule has 0 radical (unpaired) electrons. The van der Waals surface area contributed by atoms with Crippen LogP contribution in [0.2, 0.25) is 0 Å². The van der Waals surface area contributed by atoms with Gasteiger partial charge in [0.05, 0.1) is 6.61 Å².